The van der Waals surface area contributed by atoms with Crippen molar-refractivity contribution in [1.29, 1.82) is 0 Å². The van der Waals surface area contributed by atoms with Crippen molar-refractivity contribution in [2.45, 2.75) is 51.7 Å². The molecule has 2 amide bonds. The van der Waals surface area contributed by atoms with Crippen molar-refractivity contribution in [3.63, 3.8) is 0 Å². The number of aliphatic hydroxyl groups excluding tert-OH is 1. The molecule has 1 aliphatic heterocycles. The van der Waals surface area contributed by atoms with Crippen molar-refractivity contribution in [3.8, 4) is 5.75 Å². The second-order valence-electron chi connectivity index (χ2n) is 10.5. The van der Waals surface area contributed by atoms with Gasteiger partial charge in [0, 0.05) is 26.6 Å². The summed E-state index contributed by atoms with van der Waals surface area (Å²) in [5, 5.41) is 20.7. The molecule has 2 N–H and O–H groups in total. The standard InChI is InChI=1S/C27H36N6O7S/c1-15-12-33(17(3)14-34)27(36)20-9-8-10-21(28-26(35)22-11-16(2)29-32(22)7)24(20)39-23(15)13-31(6)41(37,38)25-18(4)30-40-19(25)5/h8-11,15,17,23,34H,12-14H2,1-7H3,(H,28,35)/t15-,17-,23-/m0/s1. The van der Waals surface area contributed by atoms with Gasteiger partial charge in [0.25, 0.3) is 11.8 Å². The van der Waals surface area contributed by atoms with Crippen LogP contribution in [0.2, 0.25) is 0 Å². The number of anilines is 1. The van der Waals surface area contributed by atoms with E-state index in [1.807, 2.05) is 6.92 Å². The van der Waals surface area contributed by atoms with E-state index in [2.05, 4.69) is 15.6 Å². The fraction of sp³-hybridized carbons (Fsp3) is 0.481. The second kappa shape index (κ2) is 11.6. The molecule has 4 rings (SSSR count). The maximum absolute atomic E-state index is 13.7. The van der Waals surface area contributed by atoms with E-state index in [4.69, 9.17) is 9.26 Å². The quantitative estimate of drug-likeness (QED) is 0.402. The molecular formula is C27H36N6O7S. The molecule has 0 unspecified atom stereocenters. The number of para-hydroxylation sites is 1. The molecule has 13 nitrogen and oxygen atoms in total. The minimum absolute atomic E-state index is 0.0102. The number of fused-ring (bicyclic) bond motifs is 1. The Balaban J connectivity index is 1.75. The number of carbonyl (C=O) groups is 2. The molecule has 3 atom stereocenters. The number of carbonyl (C=O) groups excluding carboxylic acids is 2. The van der Waals surface area contributed by atoms with Gasteiger partial charge in [0.05, 0.1) is 36.1 Å². The Morgan fingerprint density at radius 1 is 1.29 bits per heavy atom. The third-order valence-corrected chi connectivity index (χ3v) is 9.32. The van der Waals surface area contributed by atoms with Gasteiger partial charge in [-0.05, 0) is 45.9 Å². The number of nitrogens with one attached hydrogen (secondary N) is 1. The molecule has 0 saturated heterocycles. The lowest BCUT2D eigenvalue weighted by atomic mass is 9.99. The first-order valence-corrected chi connectivity index (χ1v) is 14.6. The molecule has 0 spiro atoms. The van der Waals surface area contributed by atoms with Crippen LogP contribution in [0.1, 0.15) is 51.8 Å². The molecule has 1 aromatic carbocycles. The highest BCUT2D eigenvalue weighted by Crippen LogP contribution is 2.35. The van der Waals surface area contributed by atoms with E-state index in [1.165, 1.54) is 27.9 Å². The summed E-state index contributed by atoms with van der Waals surface area (Å²) < 4.78 is 41.1. The molecule has 3 aromatic rings. The smallest absolute Gasteiger partial charge is 0.274 e. The van der Waals surface area contributed by atoms with Crippen molar-refractivity contribution >= 4 is 27.5 Å². The van der Waals surface area contributed by atoms with E-state index in [9.17, 15) is 23.1 Å². The van der Waals surface area contributed by atoms with Crippen LogP contribution in [0.3, 0.4) is 0 Å². The Morgan fingerprint density at radius 2 is 2.00 bits per heavy atom. The first-order valence-electron chi connectivity index (χ1n) is 13.2. The zero-order valence-electron chi connectivity index (χ0n) is 24.2. The Labute approximate surface area is 239 Å². The number of amides is 2. The number of sulfonamides is 1. The van der Waals surface area contributed by atoms with Gasteiger partial charge >= 0.3 is 0 Å². The maximum atomic E-state index is 13.7. The summed E-state index contributed by atoms with van der Waals surface area (Å²) >= 11 is 0. The third-order valence-electron chi connectivity index (χ3n) is 7.25. The summed E-state index contributed by atoms with van der Waals surface area (Å²) in [6, 6.07) is 5.94. The minimum Gasteiger partial charge on any atom is -0.486 e. The summed E-state index contributed by atoms with van der Waals surface area (Å²) in [5.41, 5.74) is 1.64. The van der Waals surface area contributed by atoms with Crippen molar-refractivity contribution in [2.24, 2.45) is 13.0 Å². The van der Waals surface area contributed by atoms with Crippen LogP contribution in [0.4, 0.5) is 5.69 Å². The number of aromatic nitrogens is 3. The zero-order valence-corrected chi connectivity index (χ0v) is 25.0. The van der Waals surface area contributed by atoms with Crippen LogP contribution in [0.15, 0.2) is 33.7 Å². The van der Waals surface area contributed by atoms with Crippen LogP contribution < -0.4 is 10.1 Å². The summed E-state index contributed by atoms with van der Waals surface area (Å²) in [5.74, 6) is -0.916. The van der Waals surface area contributed by atoms with E-state index in [0.29, 0.717) is 11.4 Å². The maximum Gasteiger partial charge on any atom is 0.274 e. The number of ether oxygens (including phenoxy) is 1. The van der Waals surface area contributed by atoms with Gasteiger partial charge in [0.15, 0.2) is 11.5 Å². The molecule has 0 aliphatic carbocycles. The normalized spacial score (nSPS) is 18.5. The van der Waals surface area contributed by atoms with Gasteiger partial charge in [0.1, 0.15) is 22.4 Å². The summed E-state index contributed by atoms with van der Waals surface area (Å²) in [6.45, 7) is 8.29. The van der Waals surface area contributed by atoms with Crippen molar-refractivity contribution in [1.82, 2.24) is 24.1 Å². The average Bonchev–Trinajstić information content (AvgIpc) is 3.45. The lowest BCUT2D eigenvalue weighted by Crippen LogP contribution is -2.50. The number of aryl methyl sites for hydroxylation is 4. The summed E-state index contributed by atoms with van der Waals surface area (Å²) in [6.07, 6.45) is -0.743. The van der Waals surface area contributed by atoms with E-state index in [1.54, 1.807) is 52.1 Å². The number of hydrogen-bond acceptors (Lipinski definition) is 9. The molecule has 1 aliphatic rings. The van der Waals surface area contributed by atoms with E-state index in [0.717, 1.165) is 0 Å². The van der Waals surface area contributed by atoms with Gasteiger partial charge in [-0.2, -0.15) is 9.40 Å². The fourth-order valence-corrected chi connectivity index (χ4v) is 6.39. The van der Waals surface area contributed by atoms with Crippen LogP contribution in [0, 0.1) is 26.7 Å². The molecule has 41 heavy (non-hydrogen) atoms. The lowest BCUT2D eigenvalue weighted by Gasteiger charge is -2.38. The number of likely N-dealkylation sites (N-methyl/N-ethyl adjacent to an activating group) is 1. The predicted molar refractivity (Wildman–Crippen MR) is 149 cm³/mol. The Kier molecular flexibility index (Phi) is 8.57. The lowest BCUT2D eigenvalue weighted by molar-refractivity contribution is 0.0388. The Hall–Kier alpha value is -3.75. The molecule has 0 fully saturated rings. The van der Waals surface area contributed by atoms with Gasteiger partial charge in [-0.1, -0.05) is 18.1 Å². The Bertz CT molecular complexity index is 1540. The van der Waals surface area contributed by atoms with Crippen molar-refractivity contribution in [2.75, 3.05) is 32.1 Å². The SMILES string of the molecule is Cc1cc(C(=O)Nc2cccc3c2O[C@@H](CN(C)S(=O)(=O)c2c(C)noc2C)[C@@H](C)CN([C@@H](C)CO)C3=O)n(C)n1. The van der Waals surface area contributed by atoms with E-state index in [-0.39, 0.29) is 64.9 Å². The van der Waals surface area contributed by atoms with Gasteiger partial charge in [-0.3, -0.25) is 14.3 Å². The summed E-state index contributed by atoms with van der Waals surface area (Å²) in [7, 11) is -0.903. The van der Waals surface area contributed by atoms with Gasteiger partial charge in [0.2, 0.25) is 10.0 Å². The van der Waals surface area contributed by atoms with Crippen LogP contribution in [-0.4, -0.2) is 88.4 Å². The Morgan fingerprint density at radius 3 is 2.59 bits per heavy atom. The van der Waals surface area contributed by atoms with E-state index < -0.39 is 28.1 Å². The van der Waals surface area contributed by atoms with Gasteiger partial charge in [-0.15, -0.1) is 0 Å². The number of hydrogen-bond donors (Lipinski definition) is 2. The highest BCUT2D eigenvalue weighted by molar-refractivity contribution is 7.89. The van der Waals surface area contributed by atoms with E-state index >= 15 is 0 Å². The minimum atomic E-state index is -3.99. The molecule has 14 heteroatoms. The number of rotatable bonds is 8. The molecule has 222 valence electrons. The average molecular weight is 589 g/mol. The molecular weight excluding hydrogens is 552 g/mol. The van der Waals surface area contributed by atoms with Crippen LogP contribution in [0.5, 0.6) is 5.75 Å². The number of aliphatic hydroxyl groups is 1. The van der Waals surface area contributed by atoms with Crippen LogP contribution in [-0.2, 0) is 17.1 Å². The molecule has 0 radical (unpaired) electrons. The first-order chi connectivity index (χ1) is 19.3. The zero-order chi connectivity index (χ0) is 30.2. The predicted octanol–water partition coefficient (Wildman–Crippen LogP) is 2.13. The summed E-state index contributed by atoms with van der Waals surface area (Å²) in [4.78, 5) is 28.4. The topological polar surface area (TPSA) is 160 Å². The van der Waals surface area contributed by atoms with Gasteiger partial charge in [-0.25, -0.2) is 8.42 Å². The molecule has 0 saturated carbocycles. The first kappa shape index (κ1) is 30.2. The second-order valence-corrected chi connectivity index (χ2v) is 12.5. The van der Waals surface area contributed by atoms with Crippen LogP contribution in [0.25, 0.3) is 0 Å². The van der Waals surface area contributed by atoms with Crippen LogP contribution >= 0.6 is 0 Å². The highest BCUT2D eigenvalue weighted by Gasteiger charge is 2.37. The third kappa shape index (κ3) is 5.85. The number of benzene rings is 1. The molecule has 2 aromatic heterocycles. The largest absolute Gasteiger partial charge is 0.486 e. The molecule has 3 heterocycles. The fourth-order valence-electron chi connectivity index (χ4n) is 4.92. The monoisotopic (exact) mass is 588 g/mol. The molecule has 0 bridgehead atoms. The van der Waals surface area contributed by atoms with Crippen molar-refractivity contribution in [3.05, 3.63) is 52.7 Å². The highest BCUT2D eigenvalue weighted by atomic mass is 32.2. The van der Waals surface area contributed by atoms with Crippen molar-refractivity contribution < 1.29 is 32.4 Å². The van der Waals surface area contributed by atoms with Gasteiger partial charge < -0.3 is 24.6 Å². The number of nitrogens with zero attached hydrogens (tertiary/aromatic N) is 5.